The predicted molar refractivity (Wildman–Crippen MR) is 146 cm³/mol. The fourth-order valence-corrected chi connectivity index (χ4v) is 6.83. The lowest BCUT2D eigenvalue weighted by Gasteiger charge is -2.26. The number of amides is 1. The van der Waals surface area contributed by atoms with E-state index in [1.807, 2.05) is 0 Å². The summed E-state index contributed by atoms with van der Waals surface area (Å²) >= 11 is 6.42. The van der Waals surface area contributed by atoms with Crippen LogP contribution >= 0.6 is 11.6 Å². The third kappa shape index (κ3) is 5.26. The summed E-state index contributed by atoms with van der Waals surface area (Å²) < 4.78 is 62.9. The molecule has 1 amide bonds. The molecule has 43 heavy (non-hydrogen) atoms. The molecule has 2 N–H and O–H groups in total. The van der Waals surface area contributed by atoms with E-state index < -0.39 is 53.4 Å². The second-order valence-corrected chi connectivity index (χ2v) is 12.3. The summed E-state index contributed by atoms with van der Waals surface area (Å²) in [7, 11) is 0. The summed E-state index contributed by atoms with van der Waals surface area (Å²) in [5.41, 5.74) is -0.361. The van der Waals surface area contributed by atoms with Crippen LogP contribution in [0.1, 0.15) is 71.4 Å². The van der Waals surface area contributed by atoms with Gasteiger partial charge in [-0.3, -0.25) is 14.4 Å². The van der Waals surface area contributed by atoms with Gasteiger partial charge in [-0.1, -0.05) is 29.8 Å². The molecule has 0 spiro atoms. The molecule has 3 unspecified atom stereocenters. The van der Waals surface area contributed by atoms with E-state index >= 15 is 0 Å². The number of aromatic nitrogens is 2. The topological polar surface area (TPSA) is 111 Å². The zero-order chi connectivity index (χ0) is 30.7. The van der Waals surface area contributed by atoms with Crippen molar-refractivity contribution in [3.63, 3.8) is 0 Å². The molecule has 1 saturated carbocycles. The highest BCUT2D eigenvalue weighted by molar-refractivity contribution is 6.34. The molecule has 1 aromatic carbocycles. The van der Waals surface area contributed by atoms with Crippen molar-refractivity contribution in [2.45, 2.75) is 75.2 Å². The summed E-state index contributed by atoms with van der Waals surface area (Å²) in [6, 6.07) is 3.25. The fraction of sp³-hybridized carbons (Fsp3) is 0.533. The van der Waals surface area contributed by atoms with Crippen LogP contribution in [0.4, 0.5) is 17.6 Å². The van der Waals surface area contributed by atoms with E-state index in [0.29, 0.717) is 42.6 Å². The number of benzene rings is 1. The molecule has 0 radical (unpaired) electrons. The molecule has 1 saturated heterocycles. The van der Waals surface area contributed by atoms with Crippen molar-refractivity contribution in [2.75, 3.05) is 13.2 Å². The zero-order valence-corrected chi connectivity index (χ0v) is 23.8. The van der Waals surface area contributed by atoms with Crippen molar-refractivity contribution in [1.29, 1.82) is 0 Å². The van der Waals surface area contributed by atoms with E-state index in [0.717, 1.165) is 10.3 Å². The van der Waals surface area contributed by atoms with Crippen molar-refractivity contribution in [3.05, 3.63) is 57.4 Å². The number of hydrogen-bond acceptors (Lipinski definition) is 5. The molecule has 1 aliphatic heterocycles. The Morgan fingerprint density at radius 2 is 1.86 bits per heavy atom. The first kappa shape index (κ1) is 29.8. The van der Waals surface area contributed by atoms with Crippen molar-refractivity contribution in [3.8, 4) is 0 Å². The van der Waals surface area contributed by atoms with Gasteiger partial charge in [-0.15, -0.1) is 0 Å². The fourth-order valence-electron chi connectivity index (χ4n) is 6.57. The molecule has 13 heteroatoms. The van der Waals surface area contributed by atoms with Gasteiger partial charge in [0.05, 0.1) is 52.6 Å². The number of nitrogens with zero attached hydrogens (tertiary/aromatic N) is 2. The first-order chi connectivity index (χ1) is 20.4. The Labute approximate surface area is 249 Å². The van der Waals surface area contributed by atoms with Gasteiger partial charge in [0.1, 0.15) is 6.17 Å². The second-order valence-electron chi connectivity index (χ2n) is 11.9. The van der Waals surface area contributed by atoms with Crippen LogP contribution < -0.4 is 5.32 Å². The van der Waals surface area contributed by atoms with Gasteiger partial charge in [0.15, 0.2) is 0 Å². The number of halogens is 5. The summed E-state index contributed by atoms with van der Waals surface area (Å²) in [6.45, 7) is -0.0605. The highest BCUT2D eigenvalue weighted by Gasteiger charge is 2.65. The van der Waals surface area contributed by atoms with Crippen LogP contribution in [0.3, 0.4) is 0 Å². The molecule has 8 nitrogen and oxygen atoms in total. The highest BCUT2D eigenvalue weighted by Crippen LogP contribution is 2.60. The maximum absolute atomic E-state index is 14.2. The first-order valence-corrected chi connectivity index (χ1v) is 14.7. The molecule has 4 atom stereocenters. The van der Waals surface area contributed by atoms with Crippen molar-refractivity contribution in [2.24, 2.45) is 11.8 Å². The summed E-state index contributed by atoms with van der Waals surface area (Å²) in [5, 5.41) is 16.6. The normalized spacial score (nSPS) is 26.4. The van der Waals surface area contributed by atoms with E-state index in [4.69, 9.17) is 16.3 Å². The summed E-state index contributed by atoms with van der Waals surface area (Å²) in [5.74, 6) is -3.31. The number of fused-ring (bicyclic) bond motifs is 1. The van der Waals surface area contributed by atoms with Crippen LogP contribution in [0.5, 0.6) is 0 Å². The molecule has 2 aromatic rings. The Hall–Kier alpha value is -3.25. The third-order valence-corrected chi connectivity index (χ3v) is 9.59. The van der Waals surface area contributed by atoms with Crippen LogP contribution in [0.25, 0.3) is 5.57 Å². The number of aliphatic carboxylic acids is 1. The minimum absolute atomic E-state index is 0.0488. The van der Waals surface area contributed by atoms with Gasteiger partial charge in [0.2, 0.25) is 5.91 Å². The molecule has 2 heterocycles. The van der Waals surface area contributed by atoms with Crippen LogP contribution in [0, 0.1) is 11.8 Å². The molecule has 4 aliphatic rings. The minimum atomic E-state index is -4.59. The molecular weight excluding hydrogens is 594 g/mol. The van der Waals surface area contributed by atoms with Crippen LogP contribution in [-0.2, 0) is 32.6 Å². The Morgan fingerprint density at radius 3 is 2.47 bits per heavy atom. The van der Waals surface area contributed by atoms with Gasteiger partial charge < -0.3 is 15.2 Å². The Kier molecular flexibility index (Phi) is 7.65. The minimum Gasteiger partial charge on any atom is -0.481 e. The van der Waals surface area contributed by atoms with E-state index in [1.165, 1.54) is 18.2 Å². The van der Waals surface area contributed by atoms with Gasteiger partial charge in [-0.2, -0.15) is 23.0 Å². The Morgan fingerprint density at radius 1 is 1.12 bits per heavy atom. The standard InChI is InChI=1S/C30H30ClF4N3O5/c31-20-3-1-2-19(29(10-11-29)30(33,34)35)24(20)27(40)38-23-12-17(26(39)36-22-14-43-13-21(22)32)8-9-18(23)25(37-38)15-4-6-16(7-5-15)28(41)42/h1-4,16-17,21-22H,5-14H2,(H,36,39)(H,41,42)/t16?,17?,21?,22-/m0/s1. The second kappa shape index (κ2) is 11.0. The Bertz CT molecular complexity index is 1520. The smallest absolute Gasteiger partial charge is 0.398 e. The largest absolute Gasteiger partial charge is 0.481 e. The maximum Gasteiger partial charge on any atom is 0.398 e. The molecule has 2 fully saturated rings. The van der Waals surface area contributed by atoms with Gasteiger partial charge in [-0.25, -0.2) is 4.39 Å². The first-order valence-electron chi connectivity index (χ1n) is 14.4. The summed E-state index contributed by atoms with van der Waals surface area (Å²) in [6.07, 6.45) is -2.64. The number of carboxylic acids is 1. The van der Waals surface area contributed by atoms with Gasteiger partial charge >= 0.3 is 12.1 Å². The number of carbonyl (C=O) groups is 3. The number of allylic oxidation sites excluding steroid dienone is 2. The predicted octanol–water partition coefficient (Wildman–Crippen LogP) is 5.05. The van der Waals surface area contributed by atoms with Crippen LogP contribution in [0.2, 0.25) is 5.02 Å². The van der Waals surface area contributed by atoms with Gasteiger partial charge in [-0.05, 0) is 62.1 Å². The lowest BCUT2D eigenvalue weighted by atomic mass is 9.82. The maximum atomic E-state index is 14.2. The quantitative estimate of drug-likeness (QED) is 0.436. The number of nitrogens with one attached hydrogen (secondary N) is 1. The van der Waals surface area contributed by atoms with E-state index in [2.05, 4.69) is 10.4 Å². The lowest BCUT2D eigenvalue weighted by molar-refractivity contribution is -0.160. The van der Waals surface area contributed by atoms with Crippen LogP contribution in [-0.4, -0.2) is 64.3 Å². The number of hydrogen-bond donors (Lipinski definition) is 2. The van der Waals surface area contributed by atoms with E-state index in [9.17, 15) is 37.1 Å². The Balaban J connectivity index is 1.40. The number of carbonyl (C=O) groups excluding carboxylic acids is 2. The summed E-state index contributed by atoms with van der Waals surface area (Å²) in [4.78, 5) is 38.8. The van der Waals surface area contributed by atoms with Crippen molar-refractivity contribution in [1.82, 2.24) is 15.1 Å². The number of alkyl halides is 4. The average Bonchev–Trinajstić information content (AvgIpc) is 3.59. The molecule has 1 aromatic heterocycles. The zero-order valence-electron chi connectivity index (χ0n) is 23.1. The monoisotopic (exact) mass is 623 g/mol. The third-order valence-electron chi connectivity index (χ3n) is 9.27. The average molecular weight is 624 g/mol. The van der Waals surface area contributed by atoms with Gasteiger partial charge in [0, 0.05) is 17.9 Å². The molecule has 6 rings (SSSR count). The number of carboxylic acid groups (broad SMARTS) is 1. The van der Waals surface area contributed by atoms with Gasteiger partial charge in [0.25, 0.3) is 5.91 Å². The number of ether oxygens (including phenoxy) is 1. The van der Waals surface area contributed by atoms with Crippen molar-refractivity contribution < 1.29 is 41.8 Å². The van der Waals surface area contributed by atoms with Crippen LogP contribution in [0.15, 0.2) is 24.3 Å². The highest BCUT2D eigenvalue weighted by atomic mass is 35.5. The SMILES string of the molecule is O=C(O)C1CC=C(c2nn(C(=O)c3c(Cl)cccc3C3(C(F)(F)F)CC3)c3c2CCC(C(=O)N[C@H]2COCC2F)C3)CC1. The van der Waals surface area contributed by atoms with E-state index in [-0.39, 0.29) is 55.0 Å². The molecule has 230 valence electrons. The van der Waals surface area contributed by atoms with Crippen molar-refractivity contribution >= 4 is 35.0 Å². The van der Waals surface area contributed by atoms with E-state index in [1.54, 1.807) is 6.08 Å². The molecule has 3 aliphatic carbocycles. The molecule has 0 bridgehead atoms. The lowest BCUT2D eigenvalue weighted by Crippen LogP contribution is -2.45. The molecular formula is C30H30ClF4N3O5. The number of rotatable bonds is 6.